The van der Waals surface area contributed by atoms with Crippen LogP contribution in [0.3, 0.4) is 0 Å². The third kappa shape index (κ3) is 6.17. The van der Waals surface area contributed by atoms with Crippen LogP contribution < -0.4 is 5.32 Å². The molecule has 0 unspecified atom stereocenters. The lowest BCUT2D eigenvalue weighted by Crippen LogP contribution is -2.31. The van der Waals surface area contributed by atoms with Crippen LogP contribution in [-0.2, 0) is 11.2 Å². The summed E-state index contributed by atoms with van der Waals surface area (Å²) in [6.07, 6.45) is 0.722. The van der Waals surface area contributed by atoms with Gasteiger partial charge >= 0.3 is 0 Å². The van der Waals surface area contributed by atoms with Gasteiger partial charge in [0.2, 0.25) is 5.91 Å². The summed E-state index contributed by atoms with van der Waals surface area (Å²) in [4.78, 5) is 10.7. The molecule has 0 aliphatic heterocycles. The number of nitrogens with one attached hydrogen (secondary N) is 1. The average molecular weight is 225 g/mol. The molecule has 1 aromatic rings. The Morgan fingerprint density at radius 2 is 1.81 bits per heavy atom. The first-order valence-electron chi connectivity index (χ1n) is 5.59. The van der Waals surface area contributed by atoms with Gasteiger partial charge in [0.25, 0.3) is 0 Å². The van der Waals surface area contributed by atoms with Crippen molar-refractivity contribution in [3.05, 3.63) is 35.6 Å². The van der Waals surface area contributed by atoms with E-state index in [0.29, 0.717) is 0 Å². The molecule has 2 nitrogen and oxygen atoms in total. The molecule has 0 saturated heterocycles. The van der Waals surface area contributed by atoms with Gasteiger partial charge < -0.3 is 5.32 Å². The van der Waals surface area contributed by atoms with Crippen molar-refractivity contribution < 1.29 is 9.18 Å². The van der Waals surface area contributed by atoms with Crippen LogP contribution in [-0.4, -0.2) is 11.9 Å². The average Bonchev–Trinajstić information content (AvgIpc) is 2.23. The first kappa shape index (κ1) is 14.6. The number of hydrogen-bond acceptors (Lipinski definition) is 1. The van der Waals surface area contributed by atoms with Gasteiger partial charge in [-0.1, -0.05) is 26.0 Å². The van der Waals surface area contributed by atoms with Crippen LogP contribution in [0.15, 0.2) is 24.3 Å². The molecule has 1 amide bonds. The van der Waals surface area contributed by atoms with Crippen molar-refractivity contribution in [2.75, 3.05) is 0 Å². The Balaban J connectivity index is 0.00000106. The van der Waals surface area contributed by atoms with Crippen molar-refractivity contribution in [3.8, 4) is 0 Å². The monoisotopic (exact) mass is 225 g/mol. The lowest BCUT2D eigenvalue weighted by atomic mass is 10.1. The largest absolute Gasteiger partial charge is 0.354 e. The van der Waals surface area contributed by atoms with E-state index in [1.54, 1.807) is 12.1 Å². The maximum absolute atomic E-state index is 12.6. The molecule has 3 heteroatoms. The maximum Gasteiger partial charge on any atom is 0.217 e. The highest BCUT2D eigenvalue weighted by molar-refractivity contribution is 5.73. The number of rotatable bonds is 3. The zero-order valence-corrected chi connectivity index (χ0v) is 10.4. The Bertz CT molecular complexity index is 308. The summed E-state index contributed by atoms with van der Waals surface area (Å²) in [5, 5.41) is 2.77. The minimum absolute atomic E-state index is 0.0420. The van der Waals surface area contributed by atoms with Gasteiger partial charge in [0, 0.05) is 13.0 Å². The van der Waals surface area contributed by atoms with Crippen molar-refractivity contribution in [1.29, 1.82) is 0 Å². The first-order valence-corrected chi connectivity index (χ1v) is 5.59. The predicted molar refractivity (Wildman–Crippen MR) is 64.7 cm³/mol. The minimum atomic E-state index is -0.235. The van der Waals surface area contributed by atoms with Gasteiger partial charge in [0.1, 0.15) is 5.82 Å². The van der Waals surface area contributed by atoms with Gasteiger partial charge in [-0.15, -0.1) is 0 Å². The van der Waals surface area contributed by atoms with E-state index >= 15 is 0 Å². The quantitative estimate of drug-likeness (QED) is 0.842. The third-order valence-corrected chi connectivity index (χ3v) is 1.90. The van der Waals surface area contributed by atoms with Crippen LogP contribution in [0.2, 0.25) is 0 Å². The van der Waals surface area contributed by atoms with Gasteiger partial charge in [0.15, 0.2) is 0 Å². The van der Waals surface area contributed by atoms with Crippen LogP contribution >= 0.6 is 0 Å². The zero-order valence-electron chi connectivity index (χ0n) is 10.4. The van der Waals surface area contributed by atoms with E-state index in [1.165, 1.54) is 19.1 Å². The Labute approximate surface area is 96.9 Å². The molecule has 0 bridgehead atoms. The summed E-state index contributed by atoms with van der Waals surface area (Å²) in [7, 11) is 0. The van der Waals surface area contributed by atoms with E-state index in [9.17, 15) is 9.18 Å². The van der Waals surface area contributed by atoms with Gasteiger partial charge in [-0.05, 0) is 31.0 Å². The molecule has 1 atom stereocenters. The fourth-order valence-corrected chi connectivity index (χ4v) is 1.37. The molecule has 1 N–H and O–H groups in total. The van der Waals surface area contributed by atoms with E-state index in [0.717, 1.165) is 12.0 Å². The summed E-state index contributed by atoms with van der Waals surface area (Å²) < 4.78 is 12.6. The molecule has 0 heterocycles. The van der Waals surface area contributed by atoms with Crippen LogP contribution in [0.25, 0.3) is 0 Å². The molecule has 0 saturated carbocycles. The Kier molecular flexibility index (Phi) is 7.18. The third-order valence-electron chi connectivity index (χ3n) is 1.90. The van der Waals surface area contributed by atoms with E-state index in [4.69, 9.17) is 0 Å². The van der Waals surface area contributed by atoms with E-state index < -0.39 is 0 Å². The molecule has 1 aromatic carbocycles. The van der Waals surface area contributed by atoms with Crippen LogP contribution in [0, 0.1) is 5.82 Å². The number of hydrogen-bond donors (Lipinski definition) is 1. The van der Waals surface area contributed by atoms with Crippen molar-refractivity contribution in [3.63, 3.8) is 0 Å². The summed E-state index contributed by atoms with van der Waals surface area (Å²) in [5.74, 6) is -0.277. The highest BCUT2D eigenvalue weighted by Gasteiger charge is 2.04. The molecule has 0 spiro atoms. The normalized spacial score (nSPS) is 11.1. The molecule has 0 aromatic heterocycles. The summed E-state index contributed by atoms with van der Waals surface area (Å²) in [5.41, 5.74) is 1.02. The topological polar surface area (TPSA) is 29.1 Å². The second-order valence-corrected chi connectivity index (χ2v) is 3.43. The Hall–Kier alpha value is -1.38. The number of halogens is 1. The molecule has 0 fully saturated rings. The number of benzene rings is 1. The summed E-state index contributed by atoms with van der Waals surface area (Å²) in [6.45, 7) is 7.41. The van der Waals surface area contributed by atoms with Gasteiger partial charge in [-0.25, -0.2) is 4.39 Å². The van der Waals surface area contributed by atoms with Gasteiger partial charge in [-0.2, -0.15) is 0 Å². The second-order valence-electron chi connectivity index (χ2n) is 3.43. The smallest absolute Gasteiger partial charge is 0.217 e. The second kappa shape index (κ2) is 7.85. The maximum atomic E-state index is 12.6. The Morgan fingerprint density at radius 1 is 1.31 bits per heavy atom. The SMILES string of the molecule is CC.CC(=O)N[C@H](C)Cc1ccc(F)cc1. The Morgan fingerprint density at radius 3 is 2.25 bits per heavy atom. The molecule has 90 valence electrons. The highest BCUT2D eigenvalue weighted by atomic mass is 19.1. The number of amides is 1. The predicted octanol–water partition coefficient (Wildman–Crippen LogP) is 2.92. The fraction of sp³-hybridized carbons (Fsp3) is 0.462. The number of carbonyl (C=O) groups is 1. The molecule has 0 radical (unpaired) electrons. The minimum Gasteiger partial charge on any atom is -0.354 e. The highest BCUT2D eigenvalue weighted by Crippen LogP contribution is 2.05. The summed E-state index contributed by atoms with van der Waals surface area (Å²) >= 11 is 0. The first-order chi connectivity index (χ1) is 7.58. The fourth-order valence-electron chi connectivity index (χ4n) is 1.37. The van der Waals surface area contributed by atoms with Crippen molar-refractivity contribution >= 4 is 5.91 Å². The van der Waals surface area contributed by atoms with E-state index in [2.05, 4.69) is 5.32 Å². The zero-order chi connectivity index (χ0) is 12.6. The molecule has 0 aliphatic rings. The van der Waals surface area contributed by atoms with Crippen LogP contribution in [0.5, 0.6) is 0 Å². The van der Waals surface area contributed by atoms with Gasteiger partial charge in [-0.3, -0.25) is 4.79 Å². The van der Waals surface area contributed by atoms with E-state index in [1.807, 2.05) is 20.8 Å². The molecule has 0 aliphatic carbocycles. The van der Waals surface area contributed by atoms with Crippen molar-refractivity contribution in [1.82, 2.24) is 5.32 Å². The number of carbonyl (C=O) groups excluding carboxylic acids is 1. The van der Waals surface area contributed by atoms with Crippen molar-refractivity contribution in [2.45, 2.75) is 40.2 Å². The van der Waals surface area contributed by atoms with E-state index in [-0.39, 0.29) is 17.8 Å². The molecular weight excluding hydrogens is 205 g/mol. The van der Waals surface area contributed by atoms with Crippen molar-refractivity contribution in [2.24, 2.45) is 0 Å². The summed E-state index contributed by atoms with van der Waals surface area (Å²) in [6, 6.07) is 6.39. The van der Waals surface area contributed by atoms with Gasteiger partial charge in [0.05, 0.1) is 0 Å². The molecular formula is C13H20FNO. The molecule has 16 heavy (non-hydrogen) atoms. The molecule has 1 rings (SSSR count). The van der Waals surface area contributed by atoms with Crippen LogP contribution in [0.1, 0.15) is 33.3 Å². The lowest BCUT2D eigenvalue weighted by molar-refractivity contribution is -0.119. The lowest BCUT2D eigenvalue weighted by Gasteiger charge is -2.11. The van der Waals surface area contributed by atoms with Crippen LogP contribution in [0.4, 0.5) is 4.39 Å². The standard InChI is InChI=1S/C11H14FNO.C2H6/c1-8(13-9(2)14)7-10-3-5-11(12)6-4-10;1-2/h3-6,8H,7H2,1-2H3,(H,13,14);1-2H3/t8-;/m1./s1.